The molecule has 0 saturated heterocycles. The molecule has 0 unspecified atom stereocenters. The second-order valence-corrected chi connectivity index (χ2v) is 3.24. The number of aryl methyl sites for hydroxylation is 1. The smallest absolute Gasteiger partial charge is 0.100 e. The third-order valence-electron chi connectivity index (χ3n) is 1.72. The maximum Gasteiger partial charge on any atom is 0.100 e. The first-order valence-corrected chi connectivity index (χ1v) is 4.38. The largest absolute Gasteiger partial charge is 0.383 e. The van der Waals surface area contributed by atoms with E-state index in [-0.39, 0.29) is 0 Å². The van der Waals surface area contributed by atoms with E-state index in [1.54, 1.807) is 4.68 Å². The highest BCUT2D eigenvalue weighted by Gasteiger charge is 1.99. The van der Waals surface area contributed by atoms with Crippen LogP contribution in [0.1, 0.15) is 5.69 Å². The summed E-state index contributed by atoms with van der Waals surface area (Å²) in [4.78, 5) is 1.96. The number of hydrogen-bond donors (Lipinski definition) is 0. The van der Waals surface area contributed by atoms with E-state index in [4.69, 9.17) is 0 Å². The molecule has 0 atom stereocenters. The Balaban J connectivity index is 2.90. The lowest BCUT2D eigenvalue weighted by atomic mass is 10.2. The first-order chi connectivity index (χ1) is 6.63. The number of allylic oxidation sites excluding steroid dienone is 2. The van der Waals surface area contributed by atoms with Gasteiger partial charge in [0, 0.05) is 32.9 Å². The predicted octanol–water partition coefficient (Wildman–Crippen LogP) is 1.66. The van der Waals surface area contributed by atoms with Gasteiger partial charge in [0.2, 0.25) is 0 Å². The molecule has 0 aliphatic carbocycles. The van der Waals surface area contributed by atoms with E-state index in [9.17, 15) is 0 Å². The molecule has 14 heavy (non-hydrogen) atoms. The van der Waals surface area contributed by atoms with Crippen LogP contribution in [0.25, 0.3) is 5.57 Å². The molecule has 0 amide bonds. The molecule has 0 saturated carbocycles. The molecule has 3 heteroatoms. The second kappa shape index (κ2) is 4.49. The summed E-state index contributed by atoms with van der Waals surface area (Å²) in [7, 11) is 5.82. The lowest BCUT2D eigenvalue weighted by Crippen LogP contribution is -2.00. The van der Waals surface area contributed by atoms with Crippen molar-refractivity contribution in [3.05, 3.63) is 42.5 Å². The van der Waals surface area contributed by atoms with Crippen molar-refractivity contribution in [1.29, 1.82) is 0 Å². The summed E-state index contributed by atoms with van der Waals surface area (Å²) in [6.07, 6.45) is 5.79. The minimum Gasteiger partial charge on any atom is -0.383 e. The molecular weight excluding hydrogens is 174 g/mol. The molecule has 0 spiro atoms. The molecular formula is C11H15N3. The van der Waals surface area contributed by atoms with Crippen LogP contribution in [0.5, 0.6) is 0 Å². The minimum absolute atomic E-state index is 0.889. The van der Waals surface area contributed by atoms with Crippen molar-refractivity contribution < 1.29 is 0 Å². The Morgan fingerprint density at radius 2 is 2.36 bits per heavy atom. The Morgan fingerprint density at radius 3 is 2.79 bits per heavy atom. The van der Waals surface area contributed by atoms with E-state index in [0.29, 0.717) is 0 Å². The molecule has 0 bridgehead atoms. The van der Waals surface area contributed by atoms with Crippen LogP contribution >= 0.6 is 0 Å². The van der Waals surface area contributed by atoms with E-state index in [1.807, 2.05) is 50.6 Å². The van der Waals surface area contributed by atoms with E-state index in [1.165, 1.54) is 0 Å². The highest BCUT2D eigenvalue weighted by Crippen LogP contribution is 2.11. The van der Waals surface area contributed by atoms with Gasteiger partial charge < -0.3 is 4.90 Å². The third kappa shape index (κ3) is 2.64. The van der Waals surface area contributed by atoms with Gasteiger partial charge in [-0.3, -0.25) is 4.68 Å². The molecule has 3 nitrogen and oxygen atoms in total. The van der Waals surface area contributed by atoms with Crippen molar-refractivity contribution >= 4 is 5.57 Å². The molecule has 74 valence electrons. The molecule has 0 aromatic carbocycles. The van der Waals surface area contributed by atoms with Gasteiger partial charge in [-0.25, -0.2) is 0 Å². The van der Waals surface area contributed by atoms with Crippen molar-refractivity contribution in [2.24, 2.45) is 7.05 Å². The first-order valence-electron chi connectivity index (χ1n) is 4.38. The van der Waals surface area contributed by atoms with E-state index in [2.05, 4.69) is 17.4 Å². The Morgan fingerprint density at radius 1 is 1.64 bits per heavy atom. The maximum atomic E-state index is 4.27. The van der Waals surface area contributed by atoms with Gasteiger partial charge in [0.15, 0.2) is 0 Å². The summed E-state index contributed by atoms with van der Waals surface area (Å²) in [6, 6.07) is 1.94. The molecule has 1 heterocycles. The van der Waals surface area contributed by atoms with Crippen LogP contribution < -0.4 is 0 Å². The van der Waals surface area contributed by atoms with Crippen LogP contribution in [-0.4, -0.2) is 28.8 Å². The Bertz CT molecular complexity index is 379. The van der Waals surface area contributed by atoms with Crippen LogP contribution in [0.2, 0.25) is 0 Å². The Hall–Kier alpha value is -1.73. The molecule has 1 aromatic heterocycles. The van der Waals surface area contributed by atoms with Crippen LogP contribution in [0.4, 0.5) is 0 Å². The van der Waals surface area contributed by atoms with Gasteiger partial charge in [0.05, 0.1) is 0 Å². The van der Waals surface area contributed by atoms with E-state index in [0.717, 1.165) is 11.3 Å². The number of aromatic nitrogens is 2. The van der Waals surface area contributed by atoms with E-state index < -0.39 is 0 Å². The zero-order chi connectivity index (χ0) is 10.6. The second-order valence-electron chi connectivity index (χ2n) is 3.24. The quantitative estimate of drug-likeness (QED) is 0.532. The number of rotatable bonds is 3. The van der Waals surface area contributed by atoms with Crippen molar-refractivity contribution in [1.82, 2.24) is 14.7 Å². The molecule has 0 radical (unpaired) electrons. The zero-order valence-corrected chi connectivity index (χ0v) is 8.86. The minimum atomic E-state index is 0.889. The summed E-state index contributed by atoms with van der Waals surface area (Å²) in [5.74, 6) is 0. The topological polar surface area (TPSA) is 21.1 Å². The Labute approximate surface area is 84.6 Å². The fourth-order valence-corrected chi connectivity index (χ4v) is 1.02. The van der Waals surface area contributed by atoms with Gasteiger partial charge in [-0.2, -0.15) is 5.10 Å². The average molecular weight is 189 g/mol. The van der Waals surface area contributed by atoms with Gasteiger partial charge in [-0.15, -0.1) is 5.73 Å². The fraction of sp³-hybridized carbons (Fsp3) is 0.273. The number of nitrogens with zero attached hydrogens (tertiary/aromatic N) is 3. The van der Waals surface area contributed by atoms with Gasteiger partial charge in [-0.1, -0.05) is 6.58 Å². The van der Waals surface area contributed by atoms with Gasteiger partial charge >= 0.3 is 0 Å². The van der Waals surface area contributed by atoms with Gasteiger partial charge in [0.25, 0.3) is 0 Å². The van der Waals surface area contributed by atoms with Crippen LogP contribution in [0.3, 0.4) is 0 Å². The molecule has 1 aromatic rings. The summed E-state index contributed by atoms with van der Waals surface area (Å²) >= 11 is 0. The fourth-order valence-electron chi connectivity index (χ4n) is 1.02. The molecule has 0 aliphatic rings. The normalized spacial score (nSPS) is 10.2. The molecule has 0 aliphatic heterocycles. The summed E-state index contributed by atoms with van der Waals surface area (Å²) in [5.41, 5.74) is 4.66. The van der Waals surface area contributed by atoms with Gasteiger partial charge in [-0.05, 0) is 18.3 Å². The van der Waals surface area contributed by atoms with Crippen molar-refractivity contribution in [3.63, 3.8) is 0 Å². The molecule has 0 N–H and O–H groups in total. The van der Waals surface area contributed by atoms with Crippen LogP contribution in [-0.2, 0) is 7.05 Å². The highest BCUT2D eigenvalue weighted by molar-refractivity contribution is 5.70. The molecule has 1 rings (SSSR count). The first kappa shape index (κ1) is 10.4. The zero-order valence-electron chi connectivity index (χ0n) is 8.86. The molecule has 0 fully saturated rings. The van der Waals surface area contributed by atoms with Crippen molar-refractivity contribution in [3.8, 4) is 0 Å². The summed E-state index contributed by atoms with van der Waals surface area (Å²) < 4.78 is 1.76. The monoisotopic (exact) mass is 189 g/mol. The number of hydrogen-bond acceptors (Lipinski definition) is 2. The van der Waals surface area contributed by atoms with Crippen molar-refractivity contribution in [2.45, 2.75) is 0 Å². The SMILES string of the molecule is C=C=C(/C=C\N(C)C)c1ccn(C)n1. The highest BCUT2D eigenvalue weighted by atomic mass is 15.2. The van der Waals surface area contributed by atoms with Crippen LogP contribution in [0.15, 0.2) is 36.8 Å². The Kier molecular flexibility index (Phi) is 3.32. The lowest BCUT2D eigenvalue weighted by molar-refractivity contribution is 0.564. The third-order valence-corrected chi connectivity index (χ3v) is 1.72. The van der Waals surface area contributed by atoms with Crippen LogP contribution in [0, 0.1) is 0 Å². The average Bonchev–Trinajstić information content (AvgIpc) is 2.53. The van der Waals surface area contributed by atoms with E-state index >= 15 is 0 Å². The standard InChI is InChI=1S/C11H15N3/c1-5-10(6-8-13(2)3)11-7-9-14(4)12-11/h6-9H,1H2,2-4H3/b8-6-. The van der Waals surface area contributed by atoms with Crippen molar-refractivity contribution in [2.75, 3.05) is 14.1 Å². The van der Waals surface area contributed by atoms with Gasteiger partial charge in [0.1, 0.15) is 5.69 Å². The summed E-state index contributed by atoms with van der Waals surface area (Å²) in [6.45, 7) is 3.64. The summed E-state index contributed by atoms with van der Waals surface area (Å²) in [5, 5.41) is 4.27. The maximum absolute atomic E-state index is 4.27. The predicted molar refractivity (Wildman–Crippen MR) is 58.6 cm³/mol. The lowest BCUT2D eigenvalue weighted by Gasteiger charge is -2.02.